The van der Waals surface area contributed by atoms with Gasteiger partial charge in [-0.15, -0.1) is 0 Å². The number of benzene rings is 2. The molecule has 1 aliphatic heterocycles. The van der Waals surface area contributed by atoms with Crippen molar-refractivity contribution in [2.75, 3.05) is 24.5 Å². The van der Waals surface area contributed by atoms with Crippen molar-refractivity contribution in [2.24, 2.45) is 0 Å². The van der Waals surface area contributed by atoms with Crippen molar-refractivity contribution in [1.29, 1.82) is 0 Å². The number of nitrogens with zero attached hydrogens (tertiary/aromatic N) is 3. The van der Waals surface area contributed by atoms with Gasteiger partial charge in [0, 0.05) is 62.2 Å². The third-order valence-electron chi connectivity index (χ3n) is 7.69. The van der Waals surface area contributed by atoms with Gasteiger partial charge < -0.3 is 10.2 Å². The predicted octanol–water partition coefficient (Wildman–Crippen LogP) is 6.25. The summed E-state index contributed by atoms with van der Waals surface area (Å²) in [4.78, 5) is 34.6. The second kappa shape index (κ2) is 13.7. The monoisotopic (exact) mass is 544 g/mol. The van der Waals surface area contributed by atoms with Crippen LogP contribution >= 0.6 is 0 Å². The van der Waals surface area contributed by atoms with Gasteiger partial charge in [0.05, 0.1) is 0 Å². The van der Waals surface area contributed by atoms with Crippen LogP contribution in [-0.4, -0.2) is 41.3 Å². The van der Waals surface area contributed by atoms with Crippen LogP contribution in [0.5, 0.6) is 0 Å². The lowest BCUT2D eigenvalue weighted by molar-refractivity contribution is -0.116. The van der Waals surface area contributed by atoms with Crippen molar-refractivity contribution < 1.29 is 14.0 Å². The summed E-state index contributed by atoms with van der Waals surface area (Å²) in [6.45, 7) is 8.89. The Kier molecular flexibility index (Phi) is 10.0. The van der Waals surface area contributed by atoms with E-state index in [1.54, 1.807) is 25.3 Å². The summed E-state index contributed by atoms with van der Waals surface area (Å²) < 4.78 is 13.8. The molecule has 1 N–H and O–H groups in total. The number of halogens is 1. The summed E-state index contributed by atoms with van der Waals surface area (Å²) >= 11 is 0. The van der Waals surface area contributed by atoms with Gasteiger partial charge >= 0.3 is 0 Å². The Hall–Kier alpha value is -3.58. The fourth-order valence-electron chi connectivity index (χ4n) is 5.32. The first kappa shape index (κ1) is 29.4. The van der Waals surface area contributed by atoms with E-state index in [4.69, 9.17) is 0 Å². The van der Waals surface area contributed by atoms with Gasteiger partial charge in [-0.25, -0.2) is 4.39 Å². The average molecular weight is 545 g/mol. The molecule has 3 aromatic rings. The van der Waals surface area contributed by atoms with E-state index < -0.39 is 5.41 Å². The Morgan fingerprint density at radius 3 is 2.48 bits per heavy atom. The molecule has 0 saturated heterocycles. The van der Waals surface area contributed by atoms with Crippen LogP contribution in [0.25, 0.3) is 0 Å². The van der Waals surface area contributed by atoms with Gasteiger partial charge in [-0.2, -0.15) is 0 Å². The van der Waals surface area contributed by atoms with Gasteiger partial charge in [-0.1, -0.05) is 51.3 Å². The molecule has 2 amide bonds. The first-order valence-corrected chi connectivity index (χ1v) is 14.3. The van der Waals surface area contributed by atoms with Gasteiger partial charge in [0.2, 0.25) is 5.91 Å². The Balaban J connectivity index is 1.60. The summed E-state index contributed by atoms with van der Waals surface area (Å²) in [6.07, 6.45) is 9.12. The van der Waals surface area contributed by atoms with E-state index in [2.05, 4.69) is 21.3 Å². The van der Waals surface area contributed by atoms with Crippen LogP contribution < -0.4 is 10.2 Å². The maximum absolute atomic E-state index is 13.8. The van der Waals surface area contributed by atoms with Gasteiger partial charge in [0.1, 0.15) is 5.82 Å². The van der Waals surface area contributed by atoms with Gasteiger partial charge in [0.15, 0.2) is 0 Å². The van der Waals surface area contributed by atoms with Crippen LogP contribution in [0.15, 0.2) is 67.0 Å². The fourth-order valence-corrected chi connectivity index (χ4v) is 5.32. The first-order chi connectivity index (χ1) is 19.2. The Morgan fingerprint density at radius 2 is 1.75 bits per heavy atom. The highest BCUT2D eigenvalue weighted by Crippen LogP contribution is 2.27. The van der Waals surface area contributed by atoms with Crippen LogP contribution in [-0.2, 0) is 23.3 Å². The van der Waals surface area contributed by atoms with Crippen molar-refractivity contribution in [2.45, 2.75) is 71.4 Å². The third kappa shape index (κ3) is 7.98. The minimum atomic E-state index is -0.444. The zero-order valence-electron chi connectivity index (χ0n) is 24.0. The van der Waals surface area contributed by atoms with Crippen LogP contribution in [0.4, 0.5) is 10.1 Å². The standard InChI is InChI=1S/C33H41FN4O2/c1-25(39)38-18-8-6-4-5-7-17-37(22-26-11-10-16-35-21-26)23-28-19-27(14-15-31(28)38)32(40)36-24-33(2,3)29-12-9-13-30(34)20-29/h9-16,19-21H,4-8,17-18,22-24H2,1-3H3,(H,36,40). The van der Waals surface area contributed by atoms with Crippen molar-refractivity contribution in [3.05, 3.63) is 95.1 Å². The number of hydrogen-bond acceptors (Lipinski definition) is 4. The maximum atomic E-state index is 13.8. The molecule has 0 atom stereocenters. The number of hydrogen-bond donors (Lipinski definition) is 1. The van der Waals surface area contributed by atoms with Crippen LogP contribution in [0.2, 0.25) is 0 Å². The number of aromatic nitrogens is 1. The highest BCUT2D eigenvalue weighted by Gasteiger charge is 2.24. The zero-order chi connectivity index (χ0) is 28.5. The topological polar surface area (TPSA) is 65.5 Å². The largest absolute Gasteiger partial charge is 0.351 e. The van der Waals surface area contributed by atoms with Crippen molar-refractivity contribution in [3.8, 4) is 0 Å². The molecular formula is C33H41FN4O2. The molecule has 1 aliphatic rings. The first-order valence-electron chi connectivity index (χ1n) is 14.3. The Labute approximate surface area is 237 Å². The molecule has 4 rings (SSSR count). The molecule has 0 spiro atoms. The quantitative estimate of drug-likeness (QED) is 0.399. The molecule has 0 saturated carbocycles. The molecule has 40 heavy (non-hydrogen) atoms. The molecule has 0 unspecified atom stereocenters. The molecule has 0 aliphatic carbocycles. The molecule has 0 fully saturated rings. The van der Waals surface area contributed by atoms with E-state index in [9.17, 15) is 14.0 Å². The number of carbonyl (C=O) groups is 2. The summed E-state index contributed by atoms with van der Waals surface area (Å²) in [7, 11) is 0. The SMILES string of the molecule is CC(=O)N1CCCCCCCN(Cc2cccnc2)Cc2cc(C(=O)NCC(C)(C)c3cccc(F)c3)ccc21. The van der Waals surface area contributed by atoms with Crippen molar-refractivity contribution >= 4 is 17.5 Å². The van der Waals surface area contributed by atoms with Crippen molar-refractivity contribution in [3.63, 3.8) is 0 Å². The average Bonchev–Trinajstić information content (AvgIpc) is 2.93. The second-order valence-corrected chi connectivity index (χ2v) is 11.4. The number of anilines is 1. The smallest absolute Gasteiger partial charge is 0.251 e. The van der Waals surface area contributed by atoms with Gasteiger partial charge in [-0.3, -0.25) is 19.5 Å². The number of nitrogens with one attached hydrogen (secondary N) is 1. The normalized spacial score (nSPS) is 15.4. The van der Waals surface area contributed by atoms with Gasteiger partial charge in [-0.05, 0) is 72.5 Å². The lowest BCUT2D eigenvalue weighted by Gasteiger charge is -2.29. The third-order valence-corrected chi connectivity index (χ3v) is 7.69. The van der Waals surface area contributed by atoms with Crippen LogP contribution in [0.1, 0.15) is 79.9 Å². The molecule has 6 nitrogen and oxygen atoms in total. The molecule has 0 bridgehead atoms. The van der Waals surface area contributed by atoms with E-state index in [0.717, 1.165) is 67.6 Å². The zero-order valence-corrected chi connectivity index (χ0v) is 24.0. The second-order valence-electron chi connectivity index (χ2n) is 11.4. The molecule has 7 heteroatoms. The molecular weight excluding hydrogens is 503 g/mol. The summed E-state index contributed by atoms with van der Waals surface area (Å²) in [6, 6.07) is 16.2. The van der Waals surface area contributed by atoms with E-state index in [1.807, 2.05) is 49.2 Å². The molecule has 2 heterocycles. The number of amides is 2. The Bertz CT molecular complexity index is 1290. The number of pyridine rings is 1. The Morgan fingerprint density at radius 1 is 0.975 bits per heavy atom. The minimum absolute atomic E-state index is 0.00571. The lowest BCUT2D eigenvalue weighted by atomic mass is 9.84. The highest BCUT2D eigenvalue weighted by atomic mass is 19.1. The van der Waals surface area contributed by atoms with Crippen molar-refractivity contribution in [1.82, 2.24) is 15.2 Å². The van der Waals surface area contributed by atoms with E-state index in [1.165, 1.54) is 12.1 Å². The summed E-state index contributed by atoms with van der Waals surface area (Å²) in [5.41, 5.74) is 3.88. The molecule has 0 radical (unpaired) electrons. The minimum Gasteiger partial charge on any atom is -0.351 e. The van der Waals surface area contributed by atoms with Gasteiger partial charge in [0.25, 0.3) is 5.91 Å². The highest BCUT2D eigenvalue weighted by molar-refractivity contribution is 5.97. The van der Waals surface area contributed by atoms with Crippen LogP contribution in [0.3, 0.4) is 0 Å². The molecule has 1 aromatic heterocycles. The van der Waals surface area contributed by atoms with Crippen LogP contribution in [0, 0.1) is 5.82 Å². The molecule has 212 valence electrons. The maximum Gasteiger partial charge on any atom is 0.251 e. The number of fused-ring (bicyclic) bond motifs is 1. The summed E-state index contributed by atoms with van der Waals surface area (Å²) in [5, 5.41) is 3.05. The predicted molar refractivity (Wildman–Crippen MR) is 158 cm³/mol. The summed E-state index contributed by atoms with van der Waals surface area (Å²) in [5.74, 6) is -0.472. The van der Waals surface area contributed by atoms with E-state index in [0.29, 0.717) is 25.2 Å². The lowest BCUT2D eigenvalue weighted by Crippen LogP contribution is -2.37. The number of carbonyl (C=O) groups excluding carboxylic acids is 2. The number of rotatable bonds is 6. The van der Waals surface area contributed by atoms with E-state index in [-0.39, 0.29) is 17.6 Å². The fraction of sp³-hybridized carbons (Fsp3) is 0.424. The molecule has 2 aromatic carbocycles. The van der Waals surface area contributed by atoms with E-state index >= 15 is 0 Å².